The molecule has 1 heterocycles. The molecule has 1 amide bonds. The minimum absolute atomic E-state index is 0.0749. The molecule has 0 aliphatic heterocycles. The standard InChI is InChI=1S/C24H26ClF3N4O3S/c1-32(21(33)22-11-23(12-22,13-22)31-36(2,34)35)20(24(26,27)28)19-6-5-17(10-29-19)30-18-8-14-3-4-16(25)7-15(14)9-18/h3-7,10,18,20,30-31H,8-9,11-13H2,1-2H3/t18-,20?,22?,23?/m0/s1. The number of sulfonamides is 1. The van der Waals surface area contributed by atoms with Crippen molar-refractivity contribution in [1.29, 1.82) is 0 Å². The van der Waals surface area contributed by atoms with Gasteiger partial charge < -0.3 is 10.2 Å². The summed E-state index contributed by atoms with van der Waals surface area (Å²) in [5.41, 5.74) is 0.962. The van der Waals surface area contributed by atoms with E-state index in [1.807, 2.05) is 18.2 Å². The molecule has 2 bridgehead atoms. The predicted octanol–water partition coefficient (Wildman–Crippen LogP) is 3.85. The summed E-state index contributed by atoms with van der Waals surface area (Å²) in [4.78, 5) is 17.9. The average molecular weight is 543 g/mol. The number of rotatable bonds is 7. The van der Waals surface area contributed by atoms with Crippen molar-refractivity contribution in [2.75, 3.05) is 18.6 Å². The van der Waals surface area contributed by atoms with Crippen LogP contribution in [-0.2, 0) is 27.7 Å². The van der Waals surface area contributed by atoms with Crippen LogP contribution < -0.4 is 10.0 Å². The number of carbonyl (C=O) groups excluding carboxylic acids is 1. The number of nitrogens with one attached hydrogen (secondary N) is 2. The van der Waals surface area contributed by atoms with Crippen LogP contribution in [0.5, 0.6) is 0 Å². The molecule has 2 aromatic rings. The molecule has 1 aromatic heterocycles. The number of pyridine rings is 1. The van der Waals surface area contributed by atoms with Crippen LogP contribution in [0.25, 0.3) is 0 Å². The van der Waals surface area contributed by atoms with E-state index in [4.69, 9.17) is 11.6 Å². The van der Waals surface area contributed by atoms with Gasteiger partial charge in [-0.25, -0.2) is 13.1 Å². The van der Waals surface area contributed by atoms with Crippen molar-refractivity contribution in [1.82, 2.24) is 14.6 Å². The zero-order valence-corrected chi connectivity index (χ0v) is 21.3. The molecular formula is C24H26ClF3N4O3S. The molecule has 6 rings (SSSR count). The molecule has 3 fully saturated rings. The fraction of sp³-hybridized carbons (Fsp3) is 0.500. The molecule has 0 saturated heterocycles. The molecule has 36 heavy (non-hydrogen) atoms. The van der Waals surface area contributed by atoms with Gasteiger partial charge in [0, 0.05) is 23.7 Å². The maximum Gasteiger partial charge on any atom is 0.414 e. The van der Waals surface area contributed by atoms with Gasteiger partial charge in [0.2, 0.25) is 15.9 Å². The number of carbonyl (C=O) groups is 1. The molecule has 194 valence electrons. The summed E-state index contributed by atoms with van der Waals surface area (Å²) < 4.78 is 67.9. The molecule has 2 atom stereocenters. The Labute approximate surface area is 212 Å². The van der Waals surface area contributed by atoms with Crippen LogP contribution in [0.3, 0.4) is 0 Å². The molecule has 7 nitrogen and oxygen atoms in total. The maximum atomic E-state index is 14.1. The van der Waals surface area contributed by atoms with Crippen molar-refractivity contribution >= 4 is 33.2 Å². The van der Waals surface area contributed by atoms with E-state index in [0.717, 1.165) is 31.7 Å². The summed E-state index contributed by atoms with van der Waals surface area (Å²) in [6.07, 6.45) is -0.227. The highest BCUT2D eigenvalue weighted by molar-refractivity contribution is 7.88. The number of aromatic nitrogens is 1. The number of alkyl halides is 3. The van der Waals surface area contributed by atoms with Crippen molar-refractivity contribution in [2.45, 2.75) is 55.9 Å². The Bertz CT molecular complexity index is 1300. The number of halogens is 4. The number of fused-ring (bicyclic) bond motifs is 1. The van der Waals surface area contributed by atoms with Crippen molar-refractivity contribution in [2.24, 2.45) is 5.41 Å². The normalized spacial score (nSPS) is 27.4. The van der Waals surface area contributed by atoms with Gasteiger partial charge in [0.25, 0.3) is 0 Å². The van der Waals surface area contributed by atoms with Gasteiger partial charge in [0.1, 0.15) is 0 Å². The molecule has 3 saturated carbocycles. The Kier molecular flexibility index (Phi) is 5.85. The van der Waals surface area contributed by atoms with Gasteiger partial charge in [-0.2, -0.15) is 13.2 Å². The lowest BCUT2D eigenvalue weighted by atomic mass is 9.39. The van der Waals surface area contributed by atoms with Crippen LogP contribution in [0.4, 0.5) is 18.9 Å². The molecule has 12 heteroatoms. The lowest BCUT2D eigenvalue weighted by molar-refractivity contribution is -0.213. The lowest BCUT2D eigenvalue weighted by Crippen LogP contribution is -2.78. The van der Waals surface area contributed by atoms with Gasteiger partial charge in [-0.3, -0.25) is 9.78 Å². The Hall–Kier alpha value is -2.37. The van der Waals surface area contributed by atoms with Gasteiger partial charge in [0.15, 0.2) is 6.04 Å². The Morgan fingerprint density at radius 3 is 2.42 bits per heavy atom. The maximum absolute atomic E-state index is 14.1. The van der Waals surface area contributed by atoms with E-state index in [1.54, 1.807) is 6.07 Å². The van der Waals surface area contributed by atoms with Gasteiger partial charge in [0.05, 0.1) is 29.2 Å². The van der Waals surface area contributed by atoms with Gasteiger partial charge >= 0.3 is 6.18 Å². The molecule has 4 aliphatic carbocycles. The second-order valence-electron chi connectivity index (χ2n) is 10.5. The van der Waals surface area contributed by atoms with Crippen molar-refractivity contribution in [3.05, 3.63) is 58.4 Å². The SMILES string of the molecule is CN(C(=O)C12CC(NS(C)(=O)=O)(C1)C2)C(c1ccc(N[C@H]2Cc3ccc(Cl)cc3C2)cn1)C(F)(F)F. The molecular weight excluding hydrogens is 517 g/mol. The first kappa shape index (κ1) is 25.3. The number of anilines is 1. The zero-order chi connectivity index (χ0) is 26.1. The molecule has 1 unspecified atom stereocenters. The van der Waals surface area contributed by atoms with Crippen LogP contribution in [0, 0.1) is 5.41 Å². The Balaban J connectivity index is 1.26. The first-order valence-corrected chi connectivity index (χ1v) is 13.8. The quantitative estimate of drug-likeness (QED) is 0.554. The van der Waals surface area contributed by atoms with Crippen LogP contribution in [-0.4, -0.2) is 55.3 Å². The third kappa shape index (κ3) is 4.56. The van der Waals surface area contributed by atoms with E-state index in [9.17, 15) is 26.4 Å². The van der Waals surface area contributed by atoms with E-state index in [1.165, 1.54) is 17.8 Å². The second-order valence-corrected chi connectivity index (χ2v) is 12.6. The third-order valence-corrected chi connectivity index (χ3v) is 8.48. The monoisotopic (exact) mass is 542 g/mol. The summed E-state index contributed by atoms with van der Waals surface area (Å²) in [6, 6.07) is 6.44. The minimum Gasteiger partial charge on any atom is -0.380 e. The van der Waals surface area contributed by atoms with Gasteiger partial charge in [-0.15, -0.1) is 0 Å². The highest BCUT2D eigenvalue weighted by Gasteiger charge is 2.73. The highest BCUT2D eigenvalue weighted by atomic mass is 35.5. The van der Waals surface area contributed by atoms with Crippen molar-refractivity contribution < 1.29 is 26.4 Å². The summed E-state index contributed by atoms with van der Waals surface area (Å²) >= 11 is 6.06. The first-order valence-electron chi connectivity index (χ1n) is 11.5. The van der Waals surface area contributed by atoms with E-state index < -0.39 is 39.1 Å². The Morgan fingerprint density at radius 2 is 1.83 bits per heavy atom. The van der Waals surface area contributed by atoms with Crippen molar-refractivity contribution in [3.63, 3.8) is 0 Å². The van der Waals surface area contributed by atoms with Crippen LogP contribution in [0.1, 0.15) is 42.1 Å². The predicted molar refractivity (Wildman–Crippen MR) is 129 cm³/mol. The van der Waals surface area contributed by atoms with E-state index >= 15 is 0 Å². The molecule has 0 spiro atoms. The molecule has 1 aromatic carbocycles. The number of benzene rings is 1. The largest absolute Gasteiger partial charge is 0.414 e. The van der Waals surface area contributed by atoms with Crippen LogP contribution in [0.15, 0.2) is 36.5 Å². The minimum atomic E-state index is -4.73. The van der Waals surface area contributed by atoms with Crippen LogP contribution >= 0.6 is 11.6 Å². The molecule has 2 N–H and O–H groups in total. The van der Waals surface area contributed by atoms with Crippen molar-refractivity contribution in [3.8, 4) is 0 Å². The fourth-order valence-electron chi connectivity index (χ4n) is 6.17. The summed E-state index contributed by atoms with van der Waals surface area (Å²) in [6.45, 7) is 0. The van der Waals surface area contributed by atoms with E-state index in [2.05, 4.69) is 15.0 Å². The van der Waals surface area contributed by atoms with Gasteiger partial charge in [-0.1, -0.05) is 17.7 Å². The summed E-state index contributed by atoms with van der Waals surface area (Å²) in [5, 5.41) is 3.98. The highest BCUT2D eigenvalue weighted by Crippen LogP contribution is 2.68. The summed E-state index contributed by atoms with van der Waals surface area (Å²) in [7, 11) is -2.34. The number of amides is 1. The number of hydrogen-bond acceptors (Lipinski definition) is 5. The molecule has 0 radical (unpaired) electrons. The van der Waals surface area contributed by atoms with Gasteiger partial charge in [-0.05, 0) is 67.5 Å². The van der Waals surface area contributed by atoms with E-state index in [0.29, 0.717) is 15.6 Å². The molecule has 4 aliphatic rings. The smallest absolute Gasteiger partial charge is 0.380 e. The van der Waals surface area contributed by atoms with Crippen LogP contribution in [0.2, 0.25) is 5.02 Å². The first-order chi connectivity index (χ1) is 16.7. The fourth-order valence-corrected chi connectivity index (χ4v) is 7.37. The third-order valence-electron chi connectivity index (χ3n) is 7.44. The number of hydrogen-bond donors (Lipinski definition) is 2. The summed E-state index contributed by atoms with van der Waals surface area (Å²) in [5.74, 6) is -0.645. The lowest BCUT2D eigenvalue weighted by Gasteiger charge is -2.69. The topological polar surface area (TPSA) is 91.4 Å². The second kappa shape index (κ2) is 8.32. The number of nitrogens with zero attached hydrogens (tertiary/aromatic N) is 2. The Morgan fingerprint density at radius 1 is 1.17 bits per heavy atom. The van der Waals surface area contributed by atoms with E-state index in [-0.39, 0.29) is 31.0 Å². The zero-order valence-electron chi connectivity index (χ0n) is 19.7. The average Bonchev–Trinajstić information content (AvgIpc) is 3.10.